The Bertz CT molecular complexity index is 514. The van der Waals surface area contributed by atoms with Crippen LogP contribution in [0.15, 0.2) is 24.3 Å². The molecule has 116 valence electrons. The predicted molar refractivity (Wildman–Crippen MR) is 83.4 cm³/mol. The van der Waals surface area contributed by atoms with Gasteiger partial charge < -0.3 is 10.4 Å². The van der Waals surface area contributed by atoms with Gasteiger partial charge in [-0.1, -0.05) is 36.7 Å². The molecule has 1 rings (SSSR count). The van der Waals surface area contributed by atoms with E-state index in [-0.39, 0.29) is 11.8 Å². The second kappa shape index (κ2) is 7.46. The highest BCUT2D eigenvalue weighted by atomic mass is 35.5. The molecule has 0 aliphatic heterocycles. The Morgan fingerprint density at radius 1 is 1.33 bits per heavy atom. The van der Waals surface area contributed by atoms with Crippen molar-refractivity contribution in [2.24, 2.45) is 11.3 Å². The molecular weight excluding hydrogens is 290 g/mol. The molecule has 0 bridgehead atoms. The molecule has 0 aliphatic rings. The molecule has 21 heavy (non-hydrogen) atoms. The molecule has 0 heterocycles. The van der Waals surface area contributed by atoms with Gasteiger partial charge in [-0.25, -0.2) is 0 Å². The topological polar surface area (TPSA) is 66.4 Å². The monoisotopic (exact) mass is 311 g/mol. The number of hydrogen-bond donors (Lipinski definition) is 2. The average Bonchev–Trinajstić information content (AvgIpc) is 2.40. The number of carbonyl (C=O) groups excluding carboxylic acids is 1. The molecule has 4 nitrogen and oxygen atoms in total. The summed E-state index contributed by atoms with van der Waals surface area (Å²) < 4.78 is 0. The molecule has 1 amide bonds. The first kappa shape index (κ1) is 17.5. The van der Waals surface area contributed by atoms with Crippen LogP contribution in [-0.2, 0) is 16.0 Å². The van der Waals surface area contributed by atoms with Crippen LogP contribution >= 0.6 is 11.6 Å². The number of hydrogen-bond acceptors (Lipinski definition) is 2. The normalized spacial score (nSPS) is 12.8. The van der Waals surface area contributed by atoms with E-state index in [0.29, 0.717) is 24.4 Å². The van der Waals surface area contributed by atoms with Crippen LogP contribution in [0.5, 0.6) is 0 Å². The van der Waals surface area contributed by atoms with Gasteiger partial charge in [-0.3, -0.25) is 9.59 Å². The van der Waals surface area contributed by atoms with Crippen molar-refractivity contribution in [1.29, 1.82) is 0 Å². The van der Waals surface area contributed by atoms with E-state index in [1.807, 2.05) is 25.1 Å². The Labute approximate surface area is 130 Å². The largest absolute Gasteiger partial charge is 0.481 e. The zero-order valence-corrected chi connectivity index (χ0v) is 13.4. The van der Waals surface area contributed by atoms with Crippen molar-refractivity contribution in [1.82, 2.24) is 5.32 Å². The van der Waals surface area contributed by atoms with E-state index in [1.165, 1.54) is 0 Å². The van der Waals surface area contributed by atoms with E-state index >= 15 is 0 Å². The molecule has 2 N–H and O–H groups in total. The molecule has 1 unspecified atom stereocenters. The minimum absolute atomic E-state index is 0.0869. The van der Waals surface area contributed by atoms with E-state index in [2.05, 4.69) is 5.32 Å². The van der Waals surface area contributed by atoms with Gasteiger partial charge in [-0.15, -0.1) is 0 Å². The van der Waals surface area contributed by atoms with Crippen LogP contribution in [0.4, 0.5) is 0 Å². The highest BCUT2D eigenvalue weighted by Crippen LogP contribution is 2.20. The van der Waals surface area contributed by atoms with E-state index in [1.54, 1.807) is 19.9 Å². The number of benzene rings is 1. The van der Waals surface area contributed by atoms with Gasteiger partial charge in [0.25, 0.3) is 0 Å². The molecule has 0 radical (unpaired) electrons. The van der Waals surface area contributed by atoms with Crippen LogP contribution in [0.1, 0.15) is 32.8 Å². The molecule has 1 aromatic rings. The number of carboxylic acids is 1. The van der Waals surface area contributed by atoms with E-state index in [4.69, 9.17) is 16.7 Å². The molecule has 0 fully saturated rings. The summed E-state index contributed by atoms with van der Waals surface area (Å²) >= 11 is 6.08. The van der Waals surface area contributed by atoms with Crippen molar-refractivity contribution in [3.8, 4) is 0 Å². The number of carbonyl (C=O) groups is 2. The Balaban J connectivity index is 2.46. The number of aliphatic carboxylic acids is 1. The molecule has 1 atom stereocenters. The summed E-state index contributed by atoms with van der Waals surface area (Å²) in [5.74, 6) is -1.16. The molecule has 0 aliphatic carbocycles. The zero-order valence-electron chi connectivity index (χ0n) is 12.6. The third kappa shape index (κ3) is 5.38. The van der Waals surface area contributed by atoms with Gasteiger partial charge in [-0.05, 0) is 38.3 Å². The van der Waals surface area contributed by atoms with Gasteiger partial charge in [0.05, 0.1) is 5.41 Å². The lowest BCUT2D eigenvalue weighted by molar-refractivity contribution is -0.147. The predicted octanol–water partition coefficient (Wildman–Crippen LogP) is 3.14. The fourth-order valence-corrected chi connectivity index (χ4v) is 2.08. The maximum Gasteiger partial charge on any atom is 0.309 e. The van der Waals surface area contributed by atoms with Crippen molar-refractivity contribution < 1.29 is 14.7 Å². The molecule has 0 spiro atoms. The Morgan fingerprint density at radius 3 is 2.52 bits per heavy atom. The first-order chi connectivity index (χ1) is 9.74. The number of carboxylic acid groups (broad SMARTS) is 1. The Morgan fingerprint density at radius 2 is 1.95 bits per heavy atom. The Hall–Kier alpha value is -1.55. The second-order valence-corrected chi connectivity index (χ2v) is 6.33. The fourth-order valence-electron chi connectivity index (χ4n) is 1.87. The minimum atomic E-state index is -0.860. The van der Waals surface area contributed by atoms with E-state index < -0.39 is 11.4 Å². The molecule has 0 saturated heterocycles. The maximum atomic E-state index is 12.0. The average molecular weight is 312 g/mol. The van der Waals surface area contributed by atoms with Gasteiger partial charge in [0.2, 0.25) is 5.91 Å². The van der Waals surface area contributed by atoms with E-state index in [0.717, 1.165) is 5.56 Å². The van der Waals surface area contributed by atoms with Crippen molar-refractivity contribution in [2.75, 3.05) is 6.54 Å². The van der Waals surface area contributed by atoms with Gasteiger partial charge in [-0.2, -0.15) is 0 Å². The first-order valence-corrected chi connectivity index (χ1v) is 7.36. The van der Waals surface area contributed by atoms with Crippen molar-refractivity contribution >= 4 is 23.5 Å². The highest BCUT2D eigenvalue weighted by Gasteiger charge is 2.26. The molecule has 1 aromatic carbocycles. The second-order valence-electron chi connectivity index (χ2n) is 5.93. The van der Waals surface area contributed by atoms with Gasteiger partial charge in [0.1, 0.15) is 0 Å². The quantitative estimate of drug-likeness (QED) is 0.813. The zero-order chi connectivity index (χ0) is 16.0. The first-order valence-electron chi connectivity index (χ1n) is 6.98. The minimum Gasteiger partial charge on any atom is -0.481 e. The summed E-state index contributed by atoms with van der Waals surface area (Å²) in [5.41, 5.74) is 0.104. The van der Waals surface area contributed by atoms with E-state index in [9.17, 15) is 9.59 Å². The molecule has 0 aromatic heterocycles. The summed E-state index contributed by atoms with van der Waals surface area (Å²) in [5, 5.41) is 12.5. The van der Waals surface area contributed by atoms with Crippen LogP contribution in [-0.4, -0.2) is 23.5 Å². The lowest BCUT2D eigenvalue weighted by atomic mass is 9.89. The van der Waals surface area contributed by atoms with Crippen LogP contribution in [0, 0.1) is 11.3 Å². The molecule has 5 heteroatoms. The third-order valence-corrected chi connectivity index (χ3v) is 3.93. The van der Waals surface area contributed by atoms with Crippen molar-refractivity contribution in [3.63, 3.8) is 0 Å². The molecular formula is C16H22ClNO3. The lowest BCUT2D eigenvalue weighted by Crippen LogP contribution is -2.35. The van der Waals surface area contributed by atoms with Gasteiger partial charge >= 0.3 is 5.97 Å². The summed E-state index contributed by atoms with van der Waals surface area (Å²) in [6.07, 6.45) is 0.959. The summed E-state index contributed by atoms with van der Waals surface area (Å²) in [6, 6.07) is 7.45. The van der Waals surface area contributed by atoms with Gasteiger partial charge in [0.15, 0.2) is 0 Å². The SMILES string of the molecule is CC(Cc1ccccc1Cl)C(=O)NCCC(C)(C)C(=O)O. The third-order valence-electron chi connectivity index (χ3n) is 3.56. The van der Waals surface area contributed by atoms with Crippen molar-refractivity contribution in [3.05, 3.63) is 34.9 Å². The number of rotatable bonds is 7. The van der Waals surface area contributed by atoms with Crippen molar-refractivity contribution in [2.45, 2.75) is 33.6 Å². The number of halogens is 1. The Kier molecular flexibility index (Phi) is 6.21. The summed E-state index contributed by atoms with van der Waals surface area (Å²) in [7, 11) is 0. The fraction of sp³-hybridized carbons (Fsp3) is 0.500. The van der Waals surface area contributed by atoms with Crippen LogP contribution in [0.25, 0.3) is 0 Å². The summed E-state index contributed by atoms with van der Waals surface area (Å²) in [6.45, 7) is 5.48. The van der Waals surface area contributed by atoms with Crippen LogP contribution in [0.3, 0.4) is 0 Å². The maximum absolute atomic E-state index is 12.0. The lowest BCUT2D eigenvalue weighted by Gasteiger charge is -2.20. The van der Waals surface area contributed by atoms with Crippen LogP contribution < -0.4 is 5.32 Å². The summed E-state index contributed by atoms with van der Waals surface area (Å²) in [4.78, 5) is 23.0. The number of nitrogens with one attached hydrogen (secondary N) is 1. The smallest absolute Gasteiger partial charge is 0.309 e. The number of amides is 1. The van der Waals surface area contributed by atoms with Gasteiger partial charge in [0, 0.05) is 17.5 Å². The standard InChI is InChI=1S/C16H22ClNO3/c1-11(10-12-6-4-5-7-13(12)17)14(19)18-9-8-16(2,3)15(20)21/h4-7,11H,8-10H2,1-3H3,(H,18,19)(H,20,21). The van der Waals surface area contributed by atoms with Crippen LogP contribution in [0.2, 0.25) is 5.02 Å². The highest BCUT2D eigenvalue weighted by molar-refractivity contribution is 6.31. The molecule has 0 saturated carbocycles.